The Hall–Kier alpha value is 0.860. The van der Waals surface area contributed by atoms with Crippen molar-refractivity contribution in [3.63, 3.8) is 0 Å². The lowest BCUT2D eigenvalue weighted by atomic mass is 9.93. The molecule has 1 N–H and O–H groups in total. The molecule has 3 atom stereocenters. The molecule has 0 aromatic rings. The van der Waals surface area contributed by atoms with Crippen LogP contribution >= 0.6 is 46.4 Å². The van der Waals surface area contributed by atoms with E-state index in [1.807, 2.05) is 0 Å². The quantitative estimate of drug-likeness (QED) is 0.720. The van der Waals surface area contributed by atoms with Crippen LogP contribution < -0.4 is 0 Å². The Labute approximate surface area is 96.6 Å². The normalized spacial score (nSPS) is 49.2. The zero-order chi connectivity index (χ0) is 9.85. The highest BCUT2D eigenvalue weighted by Gasteiger charge is 2.62. The third-order valence-electron chi connectivity index (χ3n) is 2.93. The molecule has 5 heteroatoms. The fourth-order valence-corrected chi connectivity index (χ4v) is 4.03. The fraction of sp³-hybridized carbons (Fsp3) is 0.750. The van der Waals surface area contributed by atoms with Gasteiger partial charge in [0.1, 0.15) is 0 Å². The Morgan fingerprint density at radius 2 is 1.92 bits per heavy atom. The number of aliphatic hydroxyl groups excluding tert-OH is 1. The van der Waals surface area contributed by atoms with E-state index in [2.05, 4.69) is 0 Å². The Morgan fingerprint density at radius 3 is 2.31 bits per heavy atom. The molecule has 1 saturated carbocycles. The van der Waals surface area contributed by atoms with Crippen molar-refractivity contribution in [2.75, 3.05) is 6.61 Å². The molecule has 0 aromatic carbocycles. The average Bonchev–Trinajstić information content (AvgIpc) is 2.44. The highest BCUT2D eigenvalue weighted by molar-refractivity contribution is 6.50. The van der Waals surface area contributed by atoms with Crippen LogP contribution in [-0.4, -0.2) is 21.5 Å². The van der Waals surface area contributed by atoms with Gasteiger partial charge < -0.3 is 5.11 Å². The molecular weight excluding hydrogens is 254 g/mol. The molecule has 0 aliphatic heterocycles. The second-order valence-electron chi connectivity index (χ2n) is 3.72. The Morgan fingerprint density at radius 1 is 1.31 bits per heavy atom. The largest absolute Gasteiger partial charge is 0.396 e. The first-order valence-corrected chi connectivity index (χ1v) is 5.50. The maximum Gasteiger partial charge on any atom is 0.0884 e. The topological polar surface area (TPSA) is 20.2 Å². The van der Waals surface area contributed by atoms with Crippen LogP contribution in [0.2, 0.25) is 0 Å². The number of halogens is 4. The van der Waals surface area contributed by atoms with E-state index in [-0.39, 0.29) is 12.5 Å². The van der Waals surface area contributed by atoms with Crippen LogP contribution in [0, 0.1) is 5.92 Å². The lowest BCUT2D eigenvalue weighted by Gasteiger charge is -2.28. The highest BCUT2D eigenvalue weighted by atomic mass is 35.5. The van der Waals surface area contributed by atoms with Gasteiger partial charge in [-0.15, -0.1) is 23.2 Å². The van der Waals surface area contributed by atoms with Gasteiger partial charge in [0.2, 0.25) is 0 Å². The van der Waals surface area contributed by atoms with Gasteiger partial charge in [-0.2, -0.15) is 0 Å². The van der Waals surface area contributed by atoms with Crippen molar-refractivity contribution < 1.29 is 5.11 Å². The van der Waals surface area contributed by atoms with Crippen molar-refractivity contribution >= 4 is 46.4 Å². The summed E-state index contributed by atoms with van der Waals surface area (Å²) >= 11 is 24.5. The second kappa shape index (κ2) is 2.93. The predicted octanol–water partition coefficient (Wildman–Crippen LogP) is 3.05. The molecule has 2 aliphatic carbocycles. The molecule has 2 bridgehead atoms. The van der Waals surface area contributed by atoms with Gasteiger partial charge in [-0.25, -0.2) is 0 Å². The molecule has 0 unspecified atom stereocenters. The van der Waals surface area contributed by atoms with Crippen molar-refractivity contribution in [3.8, 4) is 0 Å². The van der Waals surface area contributed by atoms with Gasteiger partial charge in [0.25, 0.3) is 0 Å². The van der Waals surface area contributed by atoms with E-state index < -0.39 is 9.75 Å². The van der Waals surface area contributed by atoms with Gasteiger partial charge in [0.15, 0.2) is 0 Å². The standard InChI is InChI=1S/C8H8Cl4O/c9-5-6(10)8(12)3-7(5,11)1-4(8)2-13/h4,13H,1-3H2/t4-,7-,8+/m0/s1. The molecule has 0 heterocycles. The maximum absolute atomic E-state index is 9.10. The molecule has 1 nitrogen and oxygen atoms in total. The summed E-state index contributed by atoms with van der Waals surface area (Å²) in [7, 11) is 0. The fourth-order valence-electron chi connectivity index (χ4n) is 2.19. The first-order chi connectivity index (χ1) is 5.94. The van der Waals surface area contributed by atoms with Gasteiger partial charge in [-0.1, -0.05) is 23.2 Å². The number of fused-ring (bicyclic) bond motifs is 2. The summed E-state index contributed by atoms with van der Waals surface area (Å²) < 4.78 is 0. The summed E-state index contributed by atoms with van der Waals surface area (Å²) in [5.41, 5.74) is 0. The second-order valence-corrected chi connectivity index (χ2v) is 5.87. The average molecular weight is 262 g/mol. The molecule has 1 fully saturated rings. The predicted molar refractivity (Wildman–Crippen MR) is 55.7 cm³/mol. The van der Waals surface area contributed by atoms with Crippen LogP contribution in [0.3, 0.4) is 0 Å². The van der Waals surface area contributed by atoms with Crippen molar-refractivity contribution in [1.29, 1.82) is 0 Å². The number of allylic oxidation sites excluding steroid dienone is 2. The van der Waals surface area contributed by atoms with Crippen LogP contribution in [0.15, 0.2) is 10.1 Å². The molecule has 2 rings (SSSR count). The summed E-state index contributed by atoms with van der Waals surface area (Å²) in [6.45, 7) is -0.00163. The Kier molecular flexibility index (Phi) is 2.34. The minimum absolute atomic E-state index is 0.00163. The van der Waals surface area contributed by atoms with E-state index in [4.69, 9.17) is 51.5 Å². The van der Waals surface area contributed by atoms with E-state index in [0.29, 0.717) is 22.9 Å². The Bertz CT molecular complexity index is 290. The summed E-state index contributed by atoms with van der Waals surface area (Å²) in [5, 5.41) is 9.97. The van der Waals surface area contributed by atoms with Crippen molar-refractivity contribution in [2.24, 2.45) is 5.92 Å². The van der Waals surface area contributed by atoms with Crippen molar-refractivity contribution in [1.82, 2.24) is 0 Å². The monoisotopic (exact) mass is 260 g/mol. The van der Waals surface area contributed by atoms with E-state index in [1.165, 1.54) is 0 Å². The van der Waals surface area contributed by atoms with E-state index in [1.54, 1.807) is 0 Å². The molecule has 74 valence electrons. The summed E-state index contributed by atoms with van der Waals surface area (Å²) in [6.07, 6.45) is 1.12. The third kappa shape index (κ3) is 1.18. The van der Waals surface area contributed by atoms with Gasteiger partial charge >= 0.3 is 0 Å². The molecule has 0 aromatic heterocycles. The molecule has 13 heavy (non-hydrogen) atoms. The molecule has 2 aliphatic rings. The van der Waals surface area contributed by atoms with Gasteiger partial charge in [0.05, 0.1) is 19.8 Å². The first kappa shape index (κ1) is 10.4. The number of alkyl halides is 2. The summed E-state index contributed by atoms with van der Waals surface area (Å²) in [5.74, 6) is -0.0818. The zero-order valence-electron chi connectivity index (χ0n) is 6.66. The lowest BCUT2D eigenvalue weighted by molar-refractivity contribution is 0.213. The molecule has 0 radical (unpaired) electrons. The van der Waals surface area contributed by atoms with Gasteiger partial charge in [-0.05, 0) is 12.8 Å². The highest BCUT2D eigenvalue weighted by Crippen LogP contribution is 2.65. The smallest absolute Gasteiger partial charge is 0.0884 e. The molecule has 0 amide bonds. The van der Waals surface area contributed by atoms with Crippen LogP contribution in [0.25, 0.3) is 0 Å². The summed E-state index contributed by atoms with van der Waals surface area (Å²) in [6, 6.07) is 0. The number of aliphatic hydroxyl groups is 1. The molecule has 0 saturated heterocycles. The van der Waals surface area contributed by atoms with E-state index in [9.17, 15) is 0 Å². The minimum Gasteiger partial charge on any atom is -0.396 e. The van der Waals surface area contributed by atoms with Crippen molar-refractivity contribution in [3.05, 3.63) is 10.1 Å². The SMILES string of the molecule is OC[C@@H]1C[C@]2(Cl)C[C@]1(Cl)C(Cl)=C2Cl. The molecular formula is C8H8Cl4O. The third-order valence-corrected chi connectivity index (χ3v) is 5.40. The van der Waals surface area contributed by atoms with Crippen LogP contribution in [0.1, 0.15) is 12.8 Å². The number of rotatable bonds is 1. The maximum atomic E-state index is 9.10. The number of hydrogen-bond acceptors (Lipinski definition) is 1. The van der Waals surface area contributed by atoms with Gasteiger partial charge in [0, 0.05) is 12.5 Å². The lowest BCUT2D eigenvalue weighted by Crippen LogP contribution is -2.30. The zero-order valence-corrected chi connectivity index (χ0v) is 9.68. The molecule has 0 spiro atoms. The van der Waals surface area contributed by atoms with Gasteiger partial charge in [-0.3, -0.25) is 0 Å². The van der Waals surface area contributed by atoms with E-state index >= 15 is 0 Å². The number of hydrogen-bond donors (Lipinski definition) is 1. The first-order valence-electron chi connectivity index (χ1n) is 3.99. The van der Waals surface area contributed by atoms with Crippen LogP contribution in [0.5, 0.6) is 0 Å². The Balaban J connectivity index is 2.46. The van der Waals surface area contributed by atoms with E-state index in [0.717, 1.165) is 0 Å². The summed E-state index contributed by atoms with van der Waals surface area (Å²) in [4.78, 5) is -1.36. The van der Waals surface area contributed by atoms with Crippen LogP contribution in [-0.2, 0) is 0 Å². The van der Waals surface area contributed by atoms with Crippen LogP contribution in [0.4, 0.5) is 0 Å². The van der Waals surface area contributed by atoms with Crippen molar-refractivity contribution in [2.45, 2.75) is 22.6 Å². The minimum atomic E-state index is -0.727.